The van der Waals surface area contributed by atoms with E-state index in [0.717, 1.165) is 0 Å². The summed E-state index contributed by atoms with van der Waals surface area (Å²) in [6.45, 7) is -0.644. The minimum absolute atomic E-state index is 0.0818. The number of oxime groups is 1. The van der Waals surface area contributed by atoms with Gasteiger partial charge in [-0.2, -0.15) is 8.42 Å². The van der Waals surface area contributed by atoms with Crippen molar-refractivity contribution in [2.75, 3.05) is 6.61 Å². The normalized spacial score (nSPS) is 30.2. The van der Waals surface area contributed by atoms with Gasteiger partial charge < -0.3 is 30.3 Å². The molecular formula is C13H17NO10S2. The van der Waals surface area contributed by atoms with Gasteiger partial charge in [0.2, 0.25) is 0 Å². The molecule has 0 saturated carbocycles. The Morgan fingerprint density at radius 2 is 1.77 bits per heavy atom. The molecule has 1 saturated heterocycles. The Hall–Kier alpha value is -1.45. The Labute approximate surface area is 152 Å². The maximum atomic E-state index is 10.8. The molecule has 1 heterocycles. The molecule has 13 heteroatoms. The molecule has 0 bridgehead atoms. The van der Waals surface area contributed by atoms with Crippen LogP contribution in [0.2, 0.25) is 0 Å². The summed E-state index contributed by atoms with van der Waals surface area (Å²) in [5.41, 5.74) is -1.03. The summed E-state index contributed by atoms with van der Waals surface area (Å²) in [6.07, 6.45) is -5.97. The Morgan fingerprint density at radius 3 is 2.31 bits per heavy atom. The van der Waals surface area contributed by atoms with Crippen molar-refractivity contribution < 1.29 is 47.5 Å². The summed E-state index contributed by atoms with van der Waals surface area (Å²) in [4.78, 5) is 0. The van der Waals surface area contributed by atoms with Crippen molar-refractivity contribution in [2.45, 2.75) is 29.9 Å². The van der Waals surface area contributed by atoms with E-state index >= 15 is 0 Å². The molecule has 0 unspecified atom stereocenters. The van der Waals surface area contributed by atoms with Crippen molar-refractivity contribution in [2.24, 2.45) is 5.16 Å². The molecule has 5 atom stereocenters. The number of ether oxygens (including phenoxy) is 1. The Balaban J connectivity index is 2.29. The molecule has 0 spiro atoms. The SMILES string of the molecule is O=S(=O)(O)O/N=C(/S[C@@H]1O[C@H](CO)[C@@H](O)[C@H](O)[C@H]1O)c1ccc(O)cc1. The molecule has 146 valence electrons. The van der Waals surface area contributed by atoms with Gasteiger partial charge in [0.15, 0.2) is 0 Å². The van der Waals surface area contributed by atoms with Gasteiger partial charge in [0.1, 0.15) is 40.6 Å². The molecule has 11 nitrogen and oxygen atoms in total. The van der Waals surface area contributed by atoms with E-state index in [-0.39, 0.29) is 16.4 Å². The molecule has 1 aromatic carbocycles. The average molecular weight is 411 g/mol. The molecule has 0 aromatic heterocycles. The first-order valence-corrected chi connectivity index (χ1v) is 9.37. The van der Waals surface area contributed by atoms with Crippen molar-refractivity contribution in [3.8, 4) is 5.75 Å². The summed E-state index contributed by atoms with van der Waals surface area (Å²) < 4.78 is 39.5. The molecule has 0 aliphatic carbocycles. The highest BCUT2D eigenvalue weighted by molar-refractivity contribution is 8.14. The summed E-state index contributed by atoms with van der Waals surface area (Å²) in [6, 6.07) is 5.23. The van der Waals surface area contributed by atoms with Crippen molar-refractivity contribution in [3.63, 3.8) is 0 Å². The first-order chi connectivity index (χ1) is 12.1. The van der Waals surface area contributed by atoms with Crippen LogP contribution in [-0.4, -0.2) is 80.0 Å². The molecule has 0 amide bonds. The number of hydrogen-bond donors (Lipinski definition) is 6. The number of aromatic hydroxyl groups is 1. The van der Waals surface area contributed by atoms with Crippen LogP contribution in [0.1, 0.15) is 5.56 Å². The number of thioether (sulfide) groups is 1. The van der Waals surface area contributed by atoms with Crippen LogP contribution in [0, 0.1) is 0 Å². The largest absolute Gasteiger partial charge is 0.508 e. The van der Waals surface area contributed by atoms with Gasteiger partial charge in [-0.1, -0.05) is 16.9 Å². The van der Waals surface area contributed by atoms with E-state index in [1.807, 2.05) is 0 Å². The standard InChI is InChI=1S/C13H17NO10S2/c15-5-8-9(17)10(18)11(19)13(23-8)25-12(14-24-26(20,21)22)6-1-3-7(16)4-2-6/h1-4,8-11,13,15-19H,5H2,(H,20,21,22)/b14-12+/t8-,9-,10+,11-,13+/m1/s1. The summed E-state index contributed by atoms with van der Waals surface area (Å²) >= 11 is 0.612. The van der Waals surface area contributed by atoms with Crippen LogP contribution in [0.25, 0.3) is 0 Å². The van der Waals surface area contributed by atoms with Gasteiger partial charge in [-0.25, -0.2) is 4.28 Å². The highest BCUT2D eigenvalue weighted by Gasteiger charge is 2.44. The zero-order valence-electron chi connectivity index (χ0n) is 13.0. The summed E-state index contributed by atoms with van der Waals surface area (Å²) in [7, 11) is -4.91. The Morgan fingerprint density at radius 1 is 1.15 bits per heavy atom. The fraction of sp³-hybridized carbons (Fsp3) is 0.462. The minimum atomic E-state index is -4.91. The van der Waals surface area contributed by atoms with E-state index < -0.39 is 46.9 Å². The van der Waals surface area contributed by atoms with Crippen molar-refractivity contribution in [3.05, 3.63) is 29.8 Å². The van der Waals surface area contributed by atoms with E-state index in [4.69, 9.17) is 9.29 Å². The fourth-order valence-electron chi connectivity index (χ4n) is 2.10. The van der Waals surface area contributed by atoms with E-state index in [9.17, 15) is 34.0 Å². The Bertz CT molecular complexity index is 736. The third kappa shape index (κ3) is 5.28. The zero-order chi connectivity index (χ0) is 19.5. The number of phenolic OH excluding ortho intramolecular Hbond substituents is 1. The third-order valence-corrected chi connectivity index (χ3v) is 4.82. The quantitative estimate of drug-likeness (QED) is 0.142. The monoisotopic (exact) mass is 411 g/mol. The first-order valence-electron chi connectivity index (χ1n) is 7.13. The van der Waals surface area contributed by atoms with E-state index in [0.29, 0.717) is 11.8 Å². The van der Waals surface area contributed by atoms with Gasteiger partial charge in [-0.05, 0) is 24.3 Å². The lowest BCUT2D eigenvalue weighted by Gasteiger charge is -2.39. The summed E-state index contributed by atoms with van der Waals surface area (Å²) in [5.74, 6) is -0.0818. The molecular weight excluding hydrogens is 394 g/mol. The zero-order valence-corrected chi connectivity index (χ0v) is 14.6. The summed E-state index contributed by atoms with van der Waals surface area (Å²) in [5, 5.41) is 51.2. The van der Waals surface area contributed by atoms with Crippen LogP contribution in [0.15, 0.2) is 29.4 Å². The molecule has 1 fully saturated rings. The van der Waals surface area contributed by atoms with Gasteiger partial charge in [0.05, 0.1) is 6.61 Å². The lowest BCUT2D eigenvalue weighted by molar-refractivity contribution is -0.205. The molecule has 2 rings (SSSR count). The average Bonchev–Trinajstić information content (AvgIpc) is 2.58. The molecule has 26 heavy (non-hydrogen) atoms. The van der Waals surface area contributed by atoms with Crippen molar-refractivity contribution in [1.29, 1.82) is 0 Å². The first kappa shape index (κ1) is 20.9. The van der Waals surface area contributed by atoms with Crippen LogP contribution in [0.4, 0.5) is 0 Å². The van der Waals surface area contributed by atoms with Gasteiger partial charge in [-0.3, -0.25) is 4.55 Å². The number of phenols is 1. The van der Waals surface area contributed by atoms with Crippen LogP contribution < -0.4 is 0 Å². The van der Waals surface area contributed by atoms with Gasteiger partial charge >= 0.3 is 10.4 Å². The number of hydrogen-bond acceptors (Lipinski definition) is 11. The van der Waals surface area contributed by atoms with E-state index in [1.165, 1.54) is 24.3 Å². The third-order valence-electron chi connectivity index (χ3n) is 3.40. The second-order valence-electron chi connectivity index (χ2n) is 5.26. The smallest absolute Gasteiger partial charge is 0.466 e. The molecule has 1 aliphatic heterocycles. The number of aliphatic hydroxyl groups is 4. The Kier molecular flexibility index (Phi) is 6.81. The lowest BCUT2D eigenvalue weighted by atomic mass is 10.0. The van der Waals surface area contributed by atoms with Crippen LogP contribution in [-0.2, 0) is 19.4 Å². The van der Waals surface area contributed by atoms with Gasteiger partial charge in [0.25, 0.3) is 0 Å². The predicted molar refractivity (Wildman–Crippen MR) is 88.6 cm³/mol. The molecule has 6 N–H and O–H groups in total. The fourth-order valence-corrected chi connectivity index (χ4v) is 3.39. The maximum absolute atomic E-state index is 10.8. The van der Waals surface area contributed by atoms with Crippen LogP contribution in [0.3, 0.4) is 0 Å². The van der Waals surface area contributed by atoms with Crippen LogP contribution >= 0.6 is 11.8 Å². The number of benzene rings is 1. The molecule has 1 aromatic rings. The number of rotatable bonds is 5. The number of nitrogens with zero attached hydrogens (tertiary/aromatic N) is 1. The van der Waals surface area contributed by atoms with Gasteiger partial charge in [-0.15, -0.1) is 0 Å². The number of aliphatic hydroxyl groups excluding tert-OH is 4. The highest BCUT2D eigenvalue weighted by atomic mass is 32.3. The van der Waals surface area contributed by atoms with E-state index in [2.05, 4.69) is 9.44 Å². The lowest BCUT2D eigenvalue weighted by Crippen LogP contribution is -2.57. The second-order valence-corrected chi connectivity index (χ2v) is 7.35. The minimum Gasteiger partial charge on any atom is -0.508 e. The van der Waals surface area contributed by atoms with Gasteiger partial charge in [0, 0.05) is 5.56 Å². The van der Waals surface area contributed by atoms with Crippen LogP contribution in [0.5, 0.6) is 5.75 Å². The predicted octanol–water partition coefficient (Wildman–Crippen LogP) is -1.59. The highest BCUT2D eigenvalue weighted by Crippen LogP contribution is 2.31. The molecule has 0 radical (unpaired) electrons. The topological polar surface area (TPSA) is 186 Å². The van der Waals surface area contributed by atoms with Crippen molar-refractivity contribution in [1.82, 2.24) is 0 Å². The van der Waals surface area contributed by atoms with E-state index in [1.54, 1.807) is 0 Å². The maximum Gasteiger partial charge on any atom is 0.466 e. The van der Waals surface area contributed by atoms with Crippen molar-refractivity contribution >= 4 is 27.2 Å². The second kappa shape index (κ2) is 8.49. The molecule has 1 aliphatic rings.